The van der Waals surface area contributed by atoms with Gasteiger partial charge in [-0.3, -0.25) is 4.79 Å². The number of para-hydroxylation sites is 1. The molecule has 9 heteroatoms. The molecular weight excluding hydrogens is 460 g/mol. The van der Waals surface area contributed by atoms with Gasteiger partial charge in [-0.1, -0.05) is 25.1 Å². The number of nitrogens with zero attached hydrogens (tertiary/aromatic N) is 1. The number of carbonyl (C=O) groups excluding carboxylic acids is 2. The molecule has 2 aromatic carbocycles. The van der Waals surface area contributed by atoms with Crippen LogP contribution in [0.4, 0.5) is 5.69 Å². The van der Waals surface area contributed by atoms with Crippen LogP contribution in [0.25, 0.3) is 0 Å². The molecular formula is C20H20BrN2O5S-. The zero-order chi connectivity index (χ0) is 21.2. The van der Waals surface area contributed by atoms with E-state index in [9.17, 15) is 23.1 Å². The Bertz CT molecular complexity index is 1050. The minimum Gasteiger partial charge on any atom is -0.545 e. The van der Waals surface area contributed by atoms with E-state index >= 15 is 0 Å². The molecule has 0 saturated carbocycles. The highest BCUT2D eigenvalue weighted by Gasteiger charge is 2.30. The Hall–Kier alpha value is -2.23. The van der Waals surface area contributed by atoms with Gasteiger partial charge in [0.05, 0.1) is 16.6 Å². The third-order valence-electron chi connectivity index (χ3n) is 4.95. The molecule has 1 saturated heterocycles. The summed E-state index contributed by atoms with van der Waals surface area (Å²) in [5.41, 5.74) is 0.0217. The number of amides is 1. The van der Waals surface area contributed by atoms with Gasteiger partial charge in [0.2, 0.25) is 10.0 Å². The standard InChI is InChI=1S/C20H21BrN2O5S/c1-13-8-10-23(11-9-13)29(27,28)18-12-14(6-7-16(18)21)19(24)22-17-5-3-2-4-15(17)20(25)26/h2-7,12-13H,8-11H2,1H3,(H,22,24)(H,25,26)/p-1. The molecule has 1 N–H and O–H groups in total. The molecule has 0 radical (unpaired) electrons. The molecule has 2 aromatic rings. The molecule has 1 fully saturated rings. The fourth-order valence-electron chi connectivity index (χ4n) is 3.17. The maximum atomic E-state index is 13.1. The summed E-state index contributed by atoms with van der Waals surface area (Å²) in [5, 5.41) is 13.7. The second-order valence-electron chi connectivity index (χ2n) is 7.02. The number of halogens is 1. The van der Waals surface area contributed by atoms with Gasteiger partial charge >= 0.3 is 0 Å². The van der Waals surface area contributed by atoms with Gasteiger partial charge in [-0.25, -0.2) is 8.42 Å². The van der Waals surface area contributed by atoms with Gasteiger partial charge < -0.3 is 15.2 Å². The molecule has 1 aliphatic heterocycles. The van der Waals surface area contributed by atoms with E-state index in [-0.39, 0.29) is 21.7 Å². The Balaban J connectivity index is 1.89. The zero-order valence-electron chi connectivity index (χ0n) is 15.7. The molecule has 0 atom stereocenters. The molecule has 0 spiro atoms. The summed E-state index contributed by atoms with van der Waals surface area (Å²) in [6.07, 6.45) is 1.58. The number of hydrogen-bond acceptors (Lipinski definition) is 5. The van der Waals surface area contributed by atoms with Gasteiger partial charge in [0, 0.05) is 28.7 Å². The van der Waals surface area contributed by atoms with Gasteiger partial charge in [-0.05, 0) is 59.0 Å². The number of nitrogens with one attached hydrogen (secondary N) is 1. The van der Waals surface area contributed by atoms with Crippen LogP contribution in [0.15, 0.2) is 51.8 Å². The van der Waals surface area contributed by atoms with Crippen molar-refractivity contribution in [2.24, 2.45) is 5.92 Å². The molecule has 7 nitrogen and oxygen atoms in total. The smallest absolute Gasteiger partial charge is 0.255 e. The summed E-state index contributed by atoms with van der Waals surface area (Å²) < 4.78 is 27.9. The van der Waals surface area contributed by atoms with Gasteiger partial charge in [0.1, 0.15) is 0 Å². The maximum absolute atomic E-state index is 13.1. The van der Waals surface area contributed by atoms with E-state index in [0.717, 1.165) is 12.8 Å². The van der Waals surface area contributed by atoms with Crippen LogP contribution in [0.1, 0.15) is 40.5 Å². The number of aromatic carboxylic acids is 1. The van der Waals surface area contributed by atoms with Gasteiger partial charge in [0.25, 0.3) is 5.91 Å². The predicted octanol–water partition coefficient (Wildman–Crippen LogP) is 2.49. The van der Waals surface area contributed by atoms with E-state index in [0.29, 0.717) is 23.5 Å². The molecule has 3 rings (SSSR count). The van der Waals surface area contributed by atoms with E-state index < -0.39 is 21.9 Å². The van der Waals surface area contributed by atoms with Gasteiger partial charge in [0.15, 0.2) is 0 Å². The zero-order valence-corrected chi connectivity index (χ0v) is 18.1. The predicted molar refractivity (Wildman–Crippen MR) is 110 cm³/mol. The number of piperidine rings is 1. The number of carbonyl (C=O) groups is 2. The quantitative estimate of drug-likeness (QED) is 0.708. The van der Waals surface area contributed by atoms with Crippen LogP contribution in [0.5, 0.6) is 0 Å². The normalized spacial score (nSPS) is 15.8. The minimum atomic E-state index is -3.76. The number of anilines is 1. The van der Waals surface area contributed by atoms with E-state index in [2.05, 4.69) is 28.2 Å². The topological polar surface area (TPSA) is 107 Å². The monoisotopic (exact) mass is 479 g/mol. The van der Waals surface area contributed by atoms with Crippen LogP contribution in [-0.2, 0) is 10.0 Å². The van der Waals surface area contributed by atoms with E-state index in [1.54, 1.807) is 6.07 Å². The summed E-state index contributed by atoms with van der Waals surface area (Å²) >= 11 is 3.27. The van der Waals surface area contributed by atoms with Crippen LogP contribution >= 0.6 is 15.9 Å². The van der Waals surface area contributed by atoms with Crippen LogP contribution in [0.2, 0.25) is 0 Å². The molecule has 29 heavy (non-hydrogen) atoms. The molecule has 0 aromatic heterocycles. The average Bonchev–Trinajstić information content (AvgIpc) is 2.68. The van der Waals surface area contributed by atoms with Gasteiger partial charge in [-0.15, -0.1) is 0 Å². The Kier molecular flexibility index (Phi) is 6.40. The van der Waals surface area contributed by atoms with E-state index in [1.165, 1.54) is 40.7 Å². The minimum absolute atomic E-state index is 0.00731. The Morgan fingerprint density at radius 3 is 2.45 bits per heavy atom. The first kappa shape index (κ1) is 21.5. The largest absolute Gasteiger partial charge is 0.545 e. The number of rotatable bonds is 5. The third kappa shape index (κ3) is 4.68. The lowest BCUT2D eigenvalue weighted by Gasteiger charge is -2.29. The van der Waals surface area contributed by atoms with E-state index in [4.69, 9.17) is 0 Å². The van der Waals surface area contributed by atoms with Crippen molar-refractivity contribution < 1.29 is 23.1 Å². The molecule has 0 unspecified atom stereocenters. The lowest BCUT2D eigenvalue weighted by Crippen LogP contribution is -2.38. The highest BCUT2D eigenvalue weighted by atomic mass is 79.9. The maximum Gasteiger partial charge on any atom is 0.255 e. The molecule has 1 amide bonds. The number of hydrogen-bond donors (Lipinski definition) is 1. The second kappa shape index (κ2) is 8.64. The highest BCUT2D eigenvalue weighted by Crippen LogP contribution is 2.29. The summed E-state index contributed by atoms with van der Waals surface area (Å²) in [6, 6.07) is 10.1. The fourth-order valence-corrected chi connectivity index (χ4v) is 5.59. The van der Waals surface area contributed by atoms with E-state index in [1.807, 2.05) is 0 Å². The number of benzene rings is 2. The van der Waals surface area contributed by atoms with Crippen LogP contribution in [0.3, 0.4) is 0 Å². The van der Waals surface area contributed by atoms with Crippen molar-refractivity contribution in [3.8, 4) is 0 Å². The van der Waals surface area contributed by atoms with Crippen molar-refractivity contribution >= 4 is 43.5 Å². The van der Waals surface area contributed by atoms with Crippen molar-refractivity contribution in [3.63, 3.8) is 0 Å². The summed E-state index contributed by atoms with van der Waals surface area (Å²) in [6.45, 7) is 2.96. The van der Waals surface area contributed by atoms with Crippen molar-refractivity contribution in [1.82, 2.24) is 4.31 Å². The van der Waals surface area contributed by atoms with Crippen LogP contribution in [-0.4, -0.2) is 37.7 Å². The number of carboxylic acids is 1. The summed E-state index contributed by atoms with van der Waals surface area (Å²) in [5.74, 6) is -1.56. The Morgan fingerprint density at radius 2 is 1.79 bits per heavy atom. The number of sulfonamides is 1. The highest BCUT2D eigenvalue weighted by molar-refractivity contribution is 9.10. The second-order valence-corrected chi connectivity index (χ2v) is 9.78. The summed E-state index contributed by atoms with van der Waals surface area (Å²) in [7, 11) is -3.76. The average molecular weight is 480 g/mol. The SMILES string of the molecule is CC1CCN(S(=O)(=O)c2cc(C(=O)Nc3ccccc3C(=O)[O-])ccc2Br)CC1. The van der Waals surface area contributed by atoms with Crippen LogP contribution < -0.4 is 10.4 Å². The molecule has 0 aliphatic carbocycles. The molecule has 1 aliphatic rings. The first-order valence-electron chi connectivity index (χ1n) is 9.11. The van der Waals surface area contributed by atoms with Crippen molar-refractivity contribution in [2.75, 3.05) is 18.4 Å². The lowest BCUT2D eigenvalue weighted by atomic mass is 10.0. The number of carboxylic acid groups (broad SMARTS) is 1. The first-order valence-corrected chi connectivity index (χ1v) is 11.3. The fraction of sp³-hybridized carbons (Fsp3) is 0.300. The first-order chi connectivity index (χ1) is 13.7. The van der Waals surface area contributed by atoms with Crippen molar-refractivity contribution in [3.05, 3.63) is 58.1 Å². The molecule has 1 heterocycles. The Labute approximate surface area is 177 Å². The van der Waals surface area contributed by atoms with Gasteiger partial charge in [-0.2, -0.15) is 4.31 Å². The Morgan fingerprint density at radius 1 is 1.14 bits per heavy atom. The lowest BCUT2D eigenvalue weighted by molar-refractivity contribution is -0.254. The van der Waals surface area contributed by atoms with Crippen molar-refractivity contribution in [2.45, 2.75) is 24.7 Å². The summed E-state index contributed by atoms with van der Waals surface area (Å²) in [4.78, 5) is 23.9. The molecule has 0 bridgehead atoms. The third-order valence-corrected chi connectivity index (χ3v) is 7.84. The molecule has 154 valence electrons. The van der Waals surface area contributed by atoms with Crippen molar-refractivity contribution in [1.29, 1.82) is 0 Å². The van der Waals surface area contributed by atoms with Crippen LogP contribution in [0, 0.1) is 5.92 Å².